The fraction of sp³-hybridized carbons (Fsp3) is 0.333. The molecule has 2 aromatic rings. The van der Waals surface area contributed by atoms with Crippen LogP contribution in [0.4, 0.5) is 0 Å². The molecule has 0 N–H and O–H groups in total. The minimum absolute atomic E-state index is 0.102. The molecule has 0 amide bonds. The molecule has 0 bridgehead atoms. The molecule has 4 rings (SSSR count). The van der Waals surface area contributed by atoms with Gasteiger partial charge in [-0.05, 0) is 41.5 Å². The zero-order chi connectivity index (χ0) is 16.0. The second-order valence-corrected chi connectivity index (χ2v) is 8.88. The maximum Gasteiger partial charge on any atom is 0.235 e. The third-order valence-corrected chi connectivity index (χ3v) is 7.13. The van der Waals surface area contributed by atoms with Gasteiger partial charge in [-0.25, -0.2) is 18.4 Å². The van der Waals surface area contributed by atoms with Gasteiger partial charge in [-0.2, -0.15) is 0 Å². The fourth-order valence-electron chi connectivity index (χ4n) is 3.07. The lowest BCUT2D eigenvalue weighted by molar-refractivity contribution is 0.515. The van der Waals surface area contributed by atoms with Gasteiger partial charge in [-0.3, -0.25) is 4.31 Å². The van der Waals surface area contributed by atoms with Crippen LogP contribution in [0.25, 0.3) is 10.2 Å². The predicted octanol–water partition coefficient (Wildman–Crippen LogP) is 3.31. The number of allylic oxidation sites excluding steroid dienone is 3. The maximum atomic E-state index is 12.1. The van der Waals surface area contributed by atoms with Gasteiger partial charge >= 0.3 is 0 Å². The molecule has 1 aliphatic carbocycles. The highest BCUT2D eigenvalue weighted by atomic mass is 35.5. The third-order valence-electron chi connectivity index (χ3n) is 4.15. The van der Waals surface area contributed by atoms with Crippen LogP contribution in [-0.4, -0.2) is 35.0 Å². The number of nitrogens with zero attached hydrogens (tertiary/aromatic N) is 3. The van der Waals surface area contributed by atoms with Crippen LogP contribution >= 0.6 is 22.9 Å². The van der Waals surface area contributed by atoms with Crippen molar-refractivity contribution in [3.8, 4) is 0 Å². The summed E-state index contributed by atoms with van der Waals surface area (Å²) in [5, 5.41) is 2.29. The Labute approximate surface area is 143 Å². The highest BCUT2D eigenvalue weighted by Crippen LogP contribution is 2.36. The third kappa shape index (κ3) is 2.66. The van der Waals surface area contributed by atoms with E-state index in [9.17, 15) is 8.42 Å². The number of fused-ring (bicyclic) bond motifs is 1. The number of thiophene rings is 1. The van der Waals surface area contributed by atoms with E-state index in [-0.39, 0.29) is 17.0 Å². The molecule has 2 aromatic heterocycles. The van der Waals surface area contributed by atoms with Gasteiger partial charge in [0.15, 0.2) is 0 Å². The molecule has 23 heavy (non-hydrogen) atoms. The highest BCUT2D eigenvalue weighted by Gasteiger charge is 2.30. The van der Waals surface area contributed by atoms with Crippen LogP contribution in [0.15, 0.2) is 35.5 Å². The molecule has 2 aliphatic rings. The van der Waals surface area contributed by atoms with Crippen molar-refractivity contribution in [2.24, 2.45) is 0 Å². The van der Waals surface area contributed by atoms with Crippen molar-refractivity contribution < 1.29 is 8.42 Å². The highest BCUT2D eigenvalue weighted by molar-refractivity contribution is 7.89. The number of rotatable bonds is 2. The van der Waals surface area contributed by atoms with E-state index in [2.05, 4.69) is 15.3 Å². The summed E-state index contributed by atoms with van der Waals surface area (Å²) in [7, 11) is -3.16. The summed E-state index contributed by atoms with van der Waals surface area (Å²) < 4.78 is 26.8. The zero-order valence-electron chi connectivity index (χ0n) is 12.1. The molecule has 1 fully saturated rings. The quantitative estimate of drug-likeness (QED) is 0.764. The first-order valence-electron chi connectivity index (χ1n) is 7.33. The maximum absolute atomic E-state index is 12.1. The molecule has 0 aromatic carbocycles. The van der Waals surface area contributed by atoms with Crippen molar-refractivity contribution in [1.82, 2.24) is 14.3 Å². The molecule has 1 saturated heterocycles. The van der Waals surface area contributed by atoms with Crippen LogP contribution in [0.2, 0.25) is 5.28 Å². The fourth-order valence-corrected chi connectivity index (χ4v) is 5.69. The molecule has 120 valence electrons. The number of sulfonamides is 1. The Balaban J connectivity index is 1.74. The van der Waals surface area contributed by atoms with E-state index in [0.717, 1.165) is 27.9 Å². The van der Waals surface area contributed by atoms with Crippen molar-refractivity contribution in [3.63, 3.8) is 0 Å². The summed E-state index contributed by atoms with van der Waals surface area (Å²) >= 11 is 7.50. The normalized spacial score (nSPS) is 23.4. The summed E-state index contributed by atoms with van der Waals surface area (Å²) in [6.07, 6.45) is 9.19. The SMILES string of the molecule is O=S1(=O)CCCN1C1=CC(c2csc3cnc(Cl)nc23)CC=C1. The lowest BCUT2D eigenvalue weighted by atomic mass is 9.92. The topological polar surface area (TPSA) is 63.2 Å². The van der Waals surface area contributed by atoms with Crippen LogP contribution in [0, 0.1) is 0 Å². The van der Waals surface area contributed by atoms with Gasteiger partial charge in [0.1, 0.15) is 0 Å². The average Bonchev–Trinajstić information content (AvgIpc) is 3.09. The largest absolute Gasteiger partial charge is 0.271 e. The van der Waals surface area contributed by atoms with Gasteiger partial charge in [0.05, 0.1) is 16.0 Å². The molecular formula is C15H14ClN3O2S2. The summed E-state index contributed by atoms with van der Waals surface area (Å²) in [5.74, 6) is 0.332. The first kappa shape index (κ1) is 15.1. The molecule has 3 heterocycles. The predicted molar refractivity (Wildman–Crippen MR) is 92.1 cm³/mol. The minimum Gasteiger partial charge on any atom is -0.271 e. The van der Waals surface area contributed by atoms with Crippen LogP contribution in [0.3, 0.4) is 0 Å². The van der Waals surface area contributed by atoms with E-state index < -0.39 is 10.0 Å². The lowest BCUT2D eigenvalue weighted by Crippen LogP contribution is -2.25. The second kappa shape index (κ2) is 5.58. The van der Waals surface area contributed by atoms with E-state index in [1.165, 1.54) is 4.31 Å². The van der Waals surface area contributed by atoms with E-state index in [4.69, 9.17) is 11.6 Å². The monoisotopic (exact) mass is 367 g/mol. The Morgan fingerprint density at radius 3 is 3.04 bits per heavy atom. The molecule has 8 heteroatoms. The van der Waals surface area contributed by atoms with Gasteiger partial charge in [0.2, 0.25) is 15.3 Å². The van der Waals surface area contributed by atoms with Gasteiger partial charge in [0.25, 0.3) is 0 Å². The number of halogens is 1. The number of hydrogen-bond acceptors (Lipinski definition) is 5. The summed E-state index contributed by atoms with van der Waals surface area (Å²) in [6, 6.07) is 0. The van der Waals surface area contributed by atoms with Crippen molar-refractivity contribution in [1.29, 1.82) is 0 Å². The van der Waals surface area contributed by atoms with Crippen LogP contribution in [0.1, 0.15) is 24.3 Å². The Kier molecular flexibility index (Phi) is 3.66. The van der Waals surface area contributed by atoms with Crippen molar-refractivity contribution in [2.75, 3.05) is 12.3 Å². The van der Waals surface area contributed by atoms with Crippen LogP contribution in [-0.2, 0) is 10.0 Å². The molecular weight excluding hydrogens is 354 g/mol. The van der Waals surface area contributed by atoms with E-state index in [1.807, 2.05) is 18.2 Å². The smallest absolute Gasteiger partial charge is 0.235 e. The Morgan fingerprint density at radius 2 is 2.26 bits per heavy atom. The molecule has 1 atom stereocenters. The Bertz CT molecular complexity index is 933. The van der Waals surface area contributed by atoms with Crippen molar-refractivity contribution in [3.05, 3.63) is 46.3 Å². The molecule has 1 unspecified atom stereocenters. The molecule has 0 spiro atoms. The first-order valence-corrected chi connectivity index (χ1v) is 10.2. The number of hydrogen-bond donors (Lipinski definition) is 0. The lowest BCUT2D eigenvalue weighted by Gasteiger charge is -2.23. The van der Waals surface area contributed by atoms with Gasteiger partial charge in [-0.1, -0.05) is 12.2 Å². The van der Waals surface area contributed by atoms with Gasteiger partial charge < -0.3 is 0 Å². The van der Waals surface area contributed by atoms with E-state index in [0.29, 0.717) is 13.0 Å². The first-order chi connectivity index (χ1) is 11.0. The Morgan fingerprint density at radius 1 is 1.39 bits per heavy atom. The molecule has 0 saturated carbocycles. The molecule has 1 aliphatic heterocycles. The van der Waals surface area contributed by atoms with Gasteiger partial charge in [0, 0.05) is 24.4 Å². The standard InChI is InChI=1S/C15H14ClN3O2S2/c16-15-17-8-13-14(18-15)12(9-22-13)10-3-1-4-11(7-10)19-5-2-6-23(19,20)21/h1,4,7-10H,2-3,5-6H2. The van der Waals surface area contributed by atoms with Crippen LogP contribution in [0.5, 0.6) is 0 Å². The van der Waals surface area contributed by atoms with Gasteiger partial charge in [-0.15, -0.1) is 11.3 Å². The second-order valence-electron chi connectivity index (χ2n) is 5.62. The van der Waals surface area contributed by atoms with Crippen molar-refractivity contribution in [2.45, 2.75) is 18.8 Å². The van der Waals surface area contributed by atoms with E-state index in [1.54, 1.807) is 17.5 Å². The molecule has 5 nitrogen and oxygen atoms in total. The number of aromatic nitrogens is 2. The zero-order valence-corrected chi connectivity index (χ0v) is 14.5. The van der Waals surface area contributed by atoms with Crippen LogP contribution < -0.4 is 0 Å². The minimum atomic E-state index is -3.16. The average molecular weight is 368 g/mol. The summed E-state index contributed by atoms with van der Waals surface area (Å²) in [5.41, 5.74) is 2.70. The molecule has 0 radical (unpaired) electrons. The van der Waals surface area contributed by atoms with E-state index >= 15 is 0 Å². The summed E-state index contributed by atoms with van der Waals surface area (Å²) in [4.78, 5) is 8.35. The van der Waals surface area contributed by atoms with Crippen molar-refractivity contribution >= 4 is 43.2 Å². The summed E-state index contributed by atoms with van der Waals surface area (Å²) in [6.45, 7) is 0.559. The Hall–Kier alpha value is -1.44.